The standard InChI is InChI=1S/C11H19ClN2S/c1-8(12)5-13-6-10-14-9(7-15-10)11(2,3)4/h7-8,13H,5-6H2,1-4H3. The topological polar surface area (TPSA) is 24.9 Å². The van der Waals surface area contributed by atoms with E-state index in [1.807, 2.05) is 6.92 Å². The van der Waals surface area contributed by atoms with Gasteiger partial charge in [0, 0.05) is 29.3 Å². The molecule has 0 aliphatic heterocycles. The van der Waals surface area contributed by atoms with Gasteiger partial charge in [-0.15, -0.1) is 22.9 Å². The fraction of sp³-hybridized carbons (Fsp3) is 0.727. The minimum Gasteiger partial charge on any atom is -0.309 e. The van der Waals surface area contributed by atoms with Crippen molar-refractivity contribution >= 4 is 22.9 Å². The van der Waals surface area contributed by atoms with E-state index in [2.05, 4.69) is 36.5 Å². The Morgan fingerprint density at radius 1 is 1.53 bits per heavy atom. The maximum Gasteiger partial charge on any atom is 0.107 e. The Morgan fingerprint density at radius 2 is 2.20 bits per heavy atom. The van der Waals surface area contributed by atoms with E-state index in [-0.39, 0.29) is 10.8 Å². The van der Waals surface area contributed by atoms with E-state index >= 15 is 0 Å². The second kappa shape index (κ2) is 5.28. The van der Waals surface area contributed by atoms with E-state index in [0.717, 1.165) is 18.1 Å². The van der Waals surface area contributed by atoms with Gasteiger partial charge in [-0.25, -0.2) is 4.98 Å². The van der Waals surface area contributed by atoms with Crippen LogP contribution in [0.1, 0.15) is 38.4 Å². The van der Waals surface area contributed by atoms with E-state index in [9.17, 15) is 0 Å². The van der Waals surface area contributed by atoms with Gasteiger partial charge in [-0.05, 0) is 6.92 Å². The molecule has 15 heavy (non-hydrogen) atoms. The number of halogens is 1. The summed E-state index contributed by atoms with van der Waals surface area (Å²) in [5.74, 6) is 0. The summed E-state index contributed by atoms with van der Waals surface area (Å²) in [6.45, 7) is 10.2. The van der Waals surface area contributed by atoms with Crippen LogP contribution >= 0.6 is 22.9 Å². The van der Waals surface area contributed by atoms with Crippen molar-refractivity contribution < 1.29 is 0 Å². The molecule has 1 aromatic heterocycles. The third kappa shape index (κ3) is 4.49. The highest BCUT2D eigenvalue weighted by atomic mass is 35.5. The van der Waals surface area contributed by atoms with Gasteiger partial charge in [0.05, 0.1) is 5.69 Å². The van der Waals surface area contributed by atoms with Gasteiger partial charge in [0.15, 0.2) is 0 Å². The average molecular weight is 247 g/mol. The minimum atomic E-state index is 0.147. The minimum absolute atomic E-state index is 0.147. The molecule has 0 radical (unpaired) electrons. The highest BCUT2D eigenvalue weighted by molar-refractivity contribution is 7.09. The molecule has 0 aliphatic rings. The Morgan fingerprint density at radius 3 is 2.67 bits per heavy atom. The van der Waals surface area contributed by atoms with Gasteiger partial charge in [0.25, 0.3) is 0 Å². The van der Waals surface area contributed by atoms with Crippen LogP contribution in [0.4, 0.5) is 0 Å². The van der Waals surface area contributed by atoms with Crippen molar-refractivity contribution in [3.05, 3.63) is 16.1 Å². The molecule has 0 bridgehead atoms. The van der Waals surface area contributed by atoms with Crippen molar-refractivity contribution in [1.29, 1.82) is 0 Å². The number of hydrogen-bond donors (Lipinski definition) is 1. The first kappa shape index (κ1) is 12.9. The molecule has 1 unspecified atom stereocenters. The maximum absolute atomic E-state index is 5.84. The lowest BCUT2D eigenvalue weighted by Gasteiger charge is -2.14. The molecule has 1 atom stereocenters. The molecule has 2 nitrogen and oxygen atoms in total. The van der Waals surface area contributed by atoms with Crippen molar-refractivity contribution in [2.24, 2.45) is 0 Å². The Bertz CT molecular complexity index is 302. The molecule has 4 heteroatoms. The first-order valence-electron chi connectivity index (χ1n) is 5.19. The first-order valence-corrected chi connectivity index (χ1v) is 6.51. The average Bonchev–Trinajstić information content (AvgIpc) is 2.51. The maximum atomic E-state index is 5.84. The molecule has 86 valence electrons. The Balaban J connectivity index is 2.47. The van der Waals surface area contributed by atoms with Crippen molar-refractivity contribution in [1.82, 2.24) is 10.3 Å². The van der Waals surface area contributed by atoms with Crippen LogP contribution in [0.15, 0.2) is 5.38 Å². The lowest BCUT2D eigenvalue weighted by atomic mass is 9.93. The lowest BCUT2D eigenvalue weighted by Crippen LogP contribution is -2.21. The van der Waals surface area contributed by atoms with Crippen LogP contribution in [-0.4, -0.2) is 16.9 Å². The van der Waals surface area contributed by atoms with Crippen LogP contribution in [0.5, 0.6) is 0 Å². The van der Waals surface area contributed by atoms with E-state index in [1.165, 1.54) is 5.69 Å². The molecular formula is C11H19ClN2S. The van der Waals surface area contributed by atoms with E-state index in [0.29, 0.717) is 0 Å². The predicted molar refractivity (Wildman–Crippen MR) is 67.8 cm³/mol. The zero-order chi connectivity index (χ0) is 11.5. The molecule has 1 rings (SSSR count). The van der Waals surface area contributed by atoms with Crippen LogP contribution in [-0.2, 0) is 12.0 Å². The summed E-state index contributed by atoms with van der Waals surface area (Å²) in [5, 5.41) is 6.73. The molecule has 0 amide bonds. The van der Waals surface area contributed by atoms with Gasteiger partial charge >= 0.3 is 0 Å². The molecule has 0 saturated carbocycles. The van der Waals surface area contributed by atoms with Gasteiger partial charge in [0.1, 0.15) is 5.01 Å². The summed E-state index contributed by atoms with van der Waals surface area (Å²) in [6.07, 6.45) is 0. The molecule has 1 N–H and O–H groups in total. The zero-order valence-electron chi connectivity index (χ0n) is 9.80. The van der Waals surface area contributed by atoms with Gasteiger partial charge in [-0.1, -0.05) is 20.8 Å². The molecule has 0 aromatic carbocycles. The van der Waals surface area contributed by atoms with Crippen molar-refractivity contribution in [3.8, 4) is 0 Å². The molecule has 1 heterocycles. The number of nitrogens with one attached hydrogen (secondary N) is 1. The summed E-state index contributed by atoms with van der Waals surface area (Å²) in [7, 11) is 0. The highest BCUT2D eigenvalue weighted by Gasteiger charge is 2.17. The Labute approximate surface area is 101 Å². The number of aromatic nitrogens is 1. The summed E-state index contributed by atoms with van der Waals surface area (Å²) in [6, 6.07) is 0. The van der Waals surface area contributed by atoms with Crippen LogP contribution < -0.4 is 5.32 Å². The van der Waals surface area contributed by atoms with E-state index in [1.54, 1.807) is 11.3 Å². The summed E-state index contributed by atoms with van der Waals surface area (Å²) >= 11 is 7.55. The smallest absolute Gasteiger partial charge is 0.107 e. The zero-order valence-corrected chi connectivity index (χ0v) is 11.4. The van der Waals surface area contributed by atoms with E-state index < -0.39 is 0 Å². The number of thiazole rings is 1. The van der Waals surface area contributed by atoms with Crippen molar-refractivity contribution in [2.75, 3.05) is 6.54 Å². The number of rotatable bonds is 4. The molecule has 1 aromatic rings. The van der Waals surface area contributed by atoms with Crippen molar-refractivity contribution in [3.63, 3.8) is 0 Å². The highest BCUT2D eigenvalue weighted by Crippen LogP contribution is 2.23. The van der Waals surface area contributed by atoms with E-state index in [4.69, 9.17) is 11.6 Å². The second-order valence-electron chi connectivity index (χ2n) is 4.79. The predicted octanol–water partition coefficient (Wildman–Crippen LogP) is 3.16. The molecule has 0 spiro atoms. The van der Waals surface area contributed by atoms with Crippen LogP contribution in [0.2, 0.25) is 0 Å². The first-order chi connectivity index (χ1) is 6.89. The normalized spacial score (nSPS) is 14.2. The van der Waals surface area contributed by atoms with Crippen LogP contribution in [0, 0.1) is 0 Å². The third-order valence-electron chi connectivity index (χ3n) is 2.02. The summed E-state index contributed by atoms with van der Waals surface area (Å²) in [5.41, 5.74) is 1.32. The van der Waals surface area contributed by atoms with Crippen LogP contribution in [0.3, 0.4) is 0 Å². The van der Waals surface area contributed by atoms with Crippen molar-refractivity contribution in [2.45, 2.75) is 45.0 Å². The monoisotopic (exact) mass is 246 g/mol. The quantitative estimate of drug-likeness (QED) is 0.826. The van der Waals surface area contributed by atoms with Gasteiger partial charge in [0.2, 0.25) is 0 Å². The van der Waals surface area contributed by atoms with Gasteiger partial charge < -0.3 is 5.32 Å². The molecule has 0 saturated heterocycles. The van der Waals surface area contributed by atoms with Gasteiger partial charge in [-0.3, -0.25) is 0 Å². The fourth-order valence-electron chi connectivity index (χ4n) is 1.11. The number of nitrogens with zero attached hydrogens (tertiary/aromatic N) is 1. The SMILES string of the molecule is CC(Cl)CNCc1nc(C(C)(C)C)cs1. The number of hydrogen-bond acceptors (Lipinski definition) is 3. The second-order valence-corrected chi connectivity index (χ2v) is 6.48. The number of alkyl halides is 1. The summed E-state index contributed by atoms with van der Waals surface area (Å²) < 4.78 is 0. The Kier molecular flexibility index (Phi) is 4.56. The third-order valence-corrected chi connectivity index (χ3v) is 3.03. The fourth-order valence-corrected chi connectivity index (χ4v) is 2.21. The lowest BCUT2D eigenvalue weighted by molar-refractivity contribution is 0.568. The molecule has 0 aliphatic carbocycles. The largest absolute Gasteiger partial charge is 0.309 e. The molecule has 0 fully saturated rings. The van der Waals surface area contributed by atoms with Gasteiger partial charge in [-0.2, -0.15) is 0 Å². The molecular weight excluding hydrogens is 228 g/mol. The summed E-state index contributed by atoms with van der Waals surface area (Å²) in [4.78, 5) is 4.59. The Hall–Kier alpha value is -0.120. The van der Waals surface area contributed by atoms with Crippen LogP contribution in [0.25, 0.3) is 0 Å².